The van der Waals surface area contributed by atoms with Crippen LogP contribution in [0.5, 0.6) is 0 Å². The van der Waals surface area contributed by atoms with Crippen LogP contribution in [0.1, 0.15) is 19.8 Å². The first-order chi connectivity index (χ1) is 1.91. The van der Waals surface area contributed by atoms with E-state index in [1.165, 1.54) is 6.42 Å². The van der Waals surface area contributed by atoms with E-state index in [9.17, 15) is 0 Å². The molecule has 0 saturated heterocycles. The number of unbranched alkanes of at least 4 members (excludes halogenated alkanes) is 1. The zero-order valence-electron chi connectivity index (χ0n) is 3.83. The quantitative estimate of drug-likeness (QED) is 0.516. The molecule has 0 aliphatic rings. The first-order valence-corrected chi connectivity index (χ1v) is 1.71. The summed E-state index contributed by atoms with van der Waals surface area (Å²) in [7, 11) is 0. The van der Waals surface area contributed by atoms with Crippen molar-refractivity contribution in [2.45, 2.75) is 19.8 Å². The van der Waals surface area contributed by atoms with Crippen LogP contribution in [-0.2, 0) is 0 Å². The van der Waals surface area contributed by atoms with Crippen molar-refractivity contribution in [1.29, 1.82) is 0 Å². The maximum atomic E-state index is 3.60. The van der Waals surface area contributed by atoms with Gasteiger partial charge in [0.15, 0.2) is 0 Å². The molecule has 0 aromatic carbocycles. The summed E-state index contributed by atoms with van der Waals surface area (Å²) < 4.78 is 0. The molecule has 1 heteroatoms. The van der Waals surface area contributed by atoms with Gasteiger partial charge in [-0.2, -0.15) is 0 Å². The molecule has 1 radical (unpaired) electrons. The number of hydrogen-bond acceptors (Lipinski definition) is 0. The minimum absolute atomic E-state index is 0. The molecule has 0 aromatic rings. The van der Waals surface area contributed by atoms with Crippen molar-refractivity contribution in [2.75, 3.05) is 0 Å². The molecule has 0 heterocycles. The number of rotatable bonds is 1. The molecule has 0 bridgehead atoms. The third-order valence-electron chi connectivity index (χ3n) is 0.354. The fourth-order valence-corrected chi connectivity index (χ4v) is 0. The van der Waals surface area contributed by atoms with Crippen molar-refractivity contribution in [3.8, 4) is 0 Å². The molecule has 5 heavy (non-hydrogen) atoms. The van der Waals surface area contributed by atoms with Crippen LogP contribution >= 0.6 is 0 Å². The molecule has 33 valence electrons. The molecular weight excluding hydrogens is 170 g/mol. The zero-order valence-corrected chi connectivity index (χ0v) is 7.86. The van der Waals surface area contributed by atoms with E-state index < -0.39 is 0 Å². The van der Waals surface area contributed by atoms with Crippen LogP contribution in [0.4, 0.5) is 0 Å². The minimum atomic E-state index is 0. The molecule has 0 aromatic heterocycles. The van der Waals surface area contributed by atoms with Gasteiger partial charge in [0.1, 0.15) is 0 Å². The topological polar surface area (TPSA) is 0 Å². The summed E-state index contributed by atoms with van der Waals surface area (Å²) in [6, 6.07) is 0. The summed E-state index contributed by atoms with van der Waals surface area (Å²) in [5.74, 6) is 0. The molecule has 0 nitrogen and oxygen atoms in total. The summed E-state index contributed by atoms with van der Waals surface area (Å²) in [6.07, 6.45) is 2.28. The predicted octanol–water partition coefficient (Wildman–Crippen LogP) is 0.437. The van der Waals surface area contributed by atoms with E-state index in [1.54, 1.807) is 0 Å². The van der Waals surface area contributed by atoms with E-state index in [2.05, 4.69) is 13.8 Å². The van der Waals surface area contributed by atoms with Gasteiger partial charge in [-0.15, -0.1) is 0 Å². The van der Waals surface area contributed by atoms with E-state index in [-0.39, 0.29) is 24.4 Å². The second-order valence-electron chi connectivity index (χ2n) is 0.854. The van der Waals surface area contributed by atoms with Crippen LogP contribution in [0.15, 0.2) is 0 Å². The average Bonchev–Trinajstić information content (AvgIpc) is 1.37. The van der Waals surface area contributed by atoms with Crippen LogP contribution in [0.2, 0.25) is 0 Å². The SMILES string of the molecule is [CH2]CCC.[SbH3]. The molecule has 0 fully saturated rings. The van der Waals surface area contributed by atoms with Crippen LogP contribution < -0.4 is 0 Å². The molecule has 0 aliphatic heterocycles. The van der Waals surface area contributed by atoms with Gasteiger partial charge in [-0.05, 0) is 0 Å². The second-order valence-corrected chi connectivity index (χ2v) is 0.854. The Kier molecular flexibility index (Phi) is 16.4. The van der Waals surface area contributed by atoms with Gasteiger partial charge in [0.05, 0.1) is 0 Å². The van der Waals surface area contributed by atoms with Crippen LogP contribution in [0.25, 0.3) is 0 Å². The summed E-state index contributed by atoms with van der Waals surface area (Å²) in [5.41, 5.74) is 0. The van der Waals surface area contributed by atoms with Crippen LogP contribution in [0, 0.1) is 6.92 Å². The Hall–Kier alpha value is 0.818. The van der Waals surface area contributed by atoms with Crippen molar-refractivity contribution < 1.29 is 0 Å². The Bertz CT molecular complexity index is 5.61. The Morgan fingerprint density at radius 1 is 1.60 bits per heavy atom. The number of hydrogen-bond donors (Lipinski definition) is 0. The van der Waals surface area contributed by atoms with Crippen molar-refractivity contribution >= 4 is 24.4 Å². The normalized spacial score (nSPS) is 6.00. The molecule has 0 saturated carbocycles. The summed E-state index contributed by atoms with van der Waals surface area (Å²) >= 11 is 0. The van der Waals surface area contributed by atoms with Gasteiger partial charge in [0.2, 0.25) is 0 Å². The third-order valence-corrected chi connectivity index (χ3v) is 0.354. The van der Waals surface area contributed by atoms with Crippen molar-refractivity contribution in [3.63, 3.8) is 0 Å². The first-order valence-electron chi connectivity index (χ1n) is 1.71. The molecule has 0 unspecified atom stereocenters. The Morgan fingerprint density at radius 2 is 1.80 bits per heavy atom. The Morgan fingerprint density at radius 3 is 1.80 bits per heavy atom. The monoisotopic (exact) mass is 181 g/mol. The molecule has 0 rings (SSSR count). The van der Waals surface area contributed by atoms with Crippen molar-refractivity contribution in [2.24, 2.45) is 0 Å². The van der Waals surface area contributed by atoms with Gasteiger partial charge in [-0.1, -0.05) is 26.7 Å². The molecule has 0 aliphatic carbocycles. The molecule has 0 N–H and O–H groups in total. The van der Waals surface area contributed by atoms with Crippen LogP contribution in [-0.4, -0.2) is 24.4 Å². The van der Waals surface area contributed by atoms with E-state index >= 15 is 0 Å². The summed E-state index contributed by atoms with van der Waals surface area (Å²) in [6.45, 7) is 5.72. The molecule has 0 atom stereocenters. The third kappa shape index (κ3) is 11.6. The van der Waals surface area contributed by atoms with E-state index in [0.717, 1.165) is 6.42 Å². The fraction of sp³-hybridized carbons (Fsp3) is 0.750. The van der Waals surface area contributed by atoms with Gasteiger partial charge < -0.3 is 0 Å². The first kappa shape index (κ1) is 9.26. The van der Waals surface area contributed by atoms with Gasteiger partial charge >= 0.3 is 24.4 Å². The standard InChI is InChI=1S/C4H9.Sb.3H/c1-3-4-2;;;;/h1,3-4H2,2H3;;;;. The van der Waals surface area contributed by atoms with Crippen molar-refractivity contribution in [3.05, 3.63) is 6.92 Å². The van der Waals surface area contributed by atoms with Gasteiger partial charge in [-0.3, -0.25) is 0 Å². The molecular formula is C4H12Sb. The molecule has 0 spiro atoms. The fourth-order valence-electron chi connectivity index (χ4n) is 0. The Labute approximate surface area is 51.4 Å². The van der Waals surface area contributed by atoms with E-state index in [0.29, 0.717) is 0 Å². The predicted molar refractivity (Wildman–Crippen MR) is 30.2 cm³/mol. The van der Waals surface area contributed by atoms with E-state index in [4.69, 9.17) is 0 Å². The summed E-state index contributed by atoms with van der Waals surface area (Å²) in [5, 5.41) is 0. The molecule has 0 amide bonds. The van der Waals surface area contributed by atoms with Crippen LogP contribution in [0.3, 0.4) is 0 Å². The Balaban J connectivity index is 0. The maximum absolute atomic E-state index is 3.60. The van der Waals surface area contributed by atoms with Crippen molar-refractivity contribution in [1.82, 2.24) is 0 Å². The average molecular weight is 182 g/mol. The van der Waals surface area contributed by atoms with Gasteiger partial charge in [-0.25, -0.2) is 0 Å². The van der Waals surface area contributed by atoms with Gasteiger partial charge in [0, 0.05) is 0 Å². The van der Waals surface area contributed by atoms with Gasteiger partial charge in [0.25, 0.3) is 0 Å². The second kappa shape index (κ2) is 8.84. The zero-order chi connectivity index (χ0) is 3.41. The summed E-state index contributed by atoms with van der Waals surface area (Å²) in [4.78, 5) is 0. The van der Waals surface area contributed by atoms with E-state index in [1.807, 2.05) is 0 Å².